The number of carbonyl (C=O) groups excluding carboxylic acids is 2. The van der Waals surface area contributed by atoms with Crippen molar-refractivity contribution in [1.82, 2.24) is 9.80 Å². The van der Waals surface area contributed by atoms with Crippen molar-refractivity contribution in [2.45, 2.75) is 13.3 Å². The van der Waals surface area contributed by atoms with E-state index in [0.29, 0.717) is 6.54 Å². The lowest BCUT2D eigenvalue weighted by Crippen LogP contribution is -2.30. The lowest BCUT2D eigenvalue weighted by atomic mass is 10.4. The van der Waals surface area contributed by atoms with Crippen molar-refractivity contribution in [2.75, 3.05) is 20.1 Å². The first kappa shape index (κ1) is 8.04. The van der Waals surface area contributed by atoms with Crippen LogP contribution in [0.15, 0.2) is 0 Å². The van der Waals surface area contributed by atoms with Crippen molar-refractivity contribution >= 4 is 11.9 Å². The van der Waals surface area contributed by atoms with Gasteiger partial charge in [0.05, 0.1) is 0 Å². The predicted octanol–water partition coefficient (Wildman–Crippen LogP) is 0.290. The van der Waals surface area contributed by atoms with Gasteiger partial charge in [-0.05, 0) is 6.42 Å². The van der Waals surface area contributed by atoms with E-state index in [1.54, 1.807) is 4.90 Å². The Morgan fingerprint density at radius 3 is 2.45 bits per heavy atom. The molecular formula is C7H12N2O2. The molecule has 4 heteroatoms. The molecule has 1 heterocycles. The van der Waals surface area contributed by atoms with Gasteiger partial charge in [0, 0.05) is 13.6 Å². The molecular weight excluding hydrogens is 144 g/mol. The van der Waals surface area contributed by atoms with Gasteiger partial charge in [-0.1, -0.05) is 6.92 Å². The summed E-state index contributed by atoms with van der Waals surface area (Å²) in [5, 5.41) is 0. The molecule has 1 aliphatic rings. The zero-order valence-corrected chi connectivity index (χ0v) is 6.83. The Labute approximate surface area is 65.8 Å². The van der Waals surface area contributed by atoms with Crippen LogP contribution in [0.25, 0.3) is 0 Å². The molecule has 1 rings (SSSR count). The number of carbonyl (C=O) groups is 2. The Bertz CT molecular complexity index is 191. The second-order valence-corrected chi connectivity index (χ2v) is 2.66. The molecule has 0 unspecified atom stereocenters. The molecule has 0 radical (unpaired) electrons. The van der Waals surface area contributed by atoms with Gasteiger partial charge in [-0.3, -0.25) is 9.69 Å². The van der Waals surface area contributed by atoms with E-state index in [4.69, 9.17) is 0 Å². The lowest BCUT2D eigenvalue weighted by molar-refractivity contribution is -0.124. The highest BCUT2D eigenvalue weighted by Gasteiger charge is 2.31. The first-order chi connectivity index (χ1) is 5.16. The highest BCUT2D eigenvalue weighted by atomic mass is 16.2. The molecule has 0 saturated carbocycles. The third-order valence-electron chi connectivity index (χ3n) is 1.75. The van der Waals surface area contributed by atoms with Gasteiger partial charge in [0.25, 0.3) is 0 Å². The molecule has 0 aliphatic carbocycles. The zero-order valence-electron chi connectivity index (χ0n) is 6.83. The summed E-state index contributed by atoms with van der Waals surface area (Å²) in [6.07, 6.45) is 0.896. The van der Waals surface area contributed by atoms with Crippen molar-refractivity contribution in [2.24, 2.45) is 0 Å². The van der Waals surface area contributed by atoms with Crippen LogP contribution in [-0.4, -0.2) is 41.9 Å². The van der Waals surface area contributed by atoms with Crippen LogP contribution < -0.4 is 0 Å². The third-order valence-corrected chi connectivity index (χ3v) is 1.75. The first-order valence-corrected chi connectivity index (χ1v) is 3.72. The molecule has 3 amide bonds. The summed E-state index contributed by atoms with van der Waals surface area (Å²) in [5.74, 6) is -0.108. The molecule has 0 aromatic rings. The van der Waals surface area contributed by atoms with Crippen LogP contribution >= 0.6 is 0 Å². The summed E-state index contributed by atoms with van der Waals surface area (Å²) in [4.78, 5) is 24.8. The molecule has 0 bridgehead atoms. The van der Waals surface area contributed by atoms with Gasteiger partial charge < -0.3 is 4.90 Å². The summed E-state index contributed by atoms with van der Waals surface area (Å²) in [7, 11) is 1.51. The summed E-state index contributed by atoms with van der Waals surface area (Å²) in [5.41, 5.74) is 0. The van der Waals surface area contributed by atoms with Gasteiger partial charge in [0.15, 0.2) is 0 Å². The molecule has 11 heavy (non-hydrogen) atoms. The summed E-state index contributed by atoms with van der Waals surface area (Å²) >= 11 is 0. The number of hydrogen-bond acceptors (Lipinski definition) is 2. The van der Waals surface area contributed by atoms with Gasteiger partial charge in [-0.15, -0.1) is 0 Å². The maximum atomic E-state index is 11.1. The number of urea groups is 1. The van der Waals surface area contributed by atoms with Gasteiger partial charge in [0.1, 0.15) is 6.54 Å². The molecule has 0 atom stereocenters. The molecule has 0 aromatic heterocycles. The van der Waals surface area contributed by atoms with E-state index >= 15 is 0 Å². The monoisotopic (exact) mass is 156 g/mol. The zero-order chi connectivity index (χ0) is 8.43. The summed E-state index contributed by atoms with van der Waals surface area (Å²) < 4.78 is 0. The number of likely N-dealkylation sites (N-methyl/N-ethyl adjacent to an activating group) is 1. The SMILES string of the molecule is CCCN1CC(=O)N(C)C1=O. The molecule has 0 aromatic carbocycles. The highest BCUT2D eigenvalue weighted by Crippen LogP contribution is 2.07. The average Bonchev–Trinajstić information content (AvgIpc) is 2.19. The van der Waals surface area contributed by atoms with Crippen LogP contribution in [0.3, 0.4) is 0 Å². The Kier molecular flexibility index (Phi) is 2.12. The highest BCUT2D eigenvalue weighted by molar-refractivity contribution is 6.01. The maximum Gasteiger partial charge on any atom is 0.326 e. The molecule has 1 saturated heterocycles. The van der Waals surface area contributed by atoms with E-state index in [2.05, 4.69) is 0 Å². The fraction of sp³-hybridized carbons (Fsp3) is 0.714. The van der Waals surface area contributed by atoms with Crippen molar-refractivity contribution in [3.8, 4) is 0 Å². The van der Waals surface area contributed by atoms with Gasteiger partial charge in [0.2, 0.25) is 5.91 Å². The van der Waals surface area contributed by atoms with E-state index in [9.17, 15) is 9.59 Å². The Hall–Kier alpha value is -1.06. The van der Waals surface area contributed by atoms with E-state index in [0.717, 1.165) is 11.3 Å². The Balaban J connectivity index is 2.60. The van der Waals surface area contributed by atoms with E-state index in [1.165, 1.54) is 7.05 Å². The molecule has 1 aliphatic heterocycles. The second kappa shape index (κ2) is 2.90. The number of hydrogen-bond donors (Lipinski definition) is 0. The van der Waals surface area contributed by atoms with Crippen molar-refractivity contribution < 1.29 is 9.59 Å². The van der Waals surface area contributed by atoms with Crippen molar-refractivity contribution in [3.63, 3.8) is 0 Å². The largest absolute Gasteiger partial charge is 0.326 e. The topological polar surface area (TPSA) is 40.6 Å². The van der Waals surface area contributed by atoms with E-state index < -0.39 is 0 Å². The standard InChI is InChI=1S/C7H12N2O2/c1-3-4-9-5-6(10)8(2)7(9)11/h3-5H2,1-2H3. The summed E-state index contributed by atoms with van der Waals surface area (Å²) in [6, 6.07) is -0.170. The number of rotatable bonds is 2. The van der Waals surface area contributed by atoms with Crippen molar-refractivity contribution in [3.05, 3.63) is 0 Å². The maximum absolute atomic E-state index is 11.1. The van der Waals surface area contributed by atoms with Gasteiger partial charge in [-0.2, -0.15) is 0 Å². The van der Waals surface area contributed by atoms with Crippen LogP contribution in [0.5, 0.6) is 0 Å². The fourth-order valence-electron chi connectivity index (χ4n) is 1.10. The summed E-state index contributed by atoms with van der Waals surface area (Å²) in [6.45, 7) is 2.91. The van der Waals surface area contributed by atoms with Crippen LogP contribution in [0.4, 0.5) is 4.79 Å². The first-order valence-electron chi connectivity index (χ1n) is 3.72. The smallest absolute Gasteiger partial charge is 0.315 e. The number of imide groups is 1. The normalized spacial score (nSPS) is 18.4. The van der Waals surface area contributed by atoms with Crippen molar-refractivity contribution in [1.29, 1.82) is 0 Å². The number of nitrogens with zero attached hydrogens (tertiary/aromatic N) is 2. The quantitative estimate of drug-likeness (QED) is 0.539. The van der Waals surface area contributed by atoms with Crippen LogP contribution in [-0.2, 0) is 4.79 Å². The van der Waals surface area contributed by atoms with Gasteiger partial charge in [-0.25, -0.2) is 4.79 Å². The molecule has 1 fully saturated rings. The minimum absolute atomic E-state index is 0.108. The molecule has 0 N–H and O–H groups in total. The van der Waals surface area contributed by atoms with E-state index in [1.807, 2.05) is 6.92 Å². The second-order valence-electron chi connectivity index (χ2n) is 2.66. The molecule has 4 nitrogen and oxygen atoms in total. The molecule has 62 valence electrons. The third kappa shape index (κ3) is 1.34. The average molecular weight is 156 g/mol. The predicted molar refractivity (Wildman–Crippen MR) is 40.0 cm³/mol. The van der Waals surface area contributed by atoms with Crippen LogP contribution in [0.2, 0.25) is 0 Å². The molecule has 0 spiro atoms. The van der Waals surface area contributed by atoms with Gasteiger partial charge >= 0.3 is 6.03 Å². The van der Waals surface area contributed by atoms with Crippen LogP contribution in [0.1, 0.15) is 13.3 Å². The minimum atomic E-state index is -0.170. The fourth-order valence-corrected chi connectivity index (χ4v) is 1.10. The lowest BCUT2D eigenvalue weighted by Gasteiger charge is -2.12. The van der Waals surface area contributed by atoms with E-state index in [-0.39, 0.29) is 18.5 Å². The Morgan fingerprint density at radius 1 is 1.45 bits per heavy atom. The number of amides is 3. The Morgan fingerprint density at radius 2 is 2.09 bits per heavy atom. The van der Waals surface area contributed by atoms with Crippen LogP contribution in [0, 0.1) is 0 Å². The minimum Gasteiger partial charge on any atom is -0.315 e.